The second kappa shape index (κ2) is 8.11. The zero-order valence-corrected chi connectivity index (χ0v) is 18.1. The Morgan fingerprint density at radius 3 is 2.87 bits per heavy atom. The minimum Gasteiger partial charge on any atom is -0.343 e. The number of benzene rings is 1. The third kappa shape index (κ3) is 3.79. The standard InChI is InChI=1S/C23H23N5O2S/c1-27-22-18(12-25-27)23(30)28(14-24-22)13-20(29)26-21(19-7-4-10-31-19)17-9-8-15-5-2-3-6-16(15)11-17/h4,7-12,14,21H,2-3,5-6,13H2,1H3,(H,26,29)/t21-/m0/s1. The average Bonchev–Trinajstić information content (AvgIpc) is 3.44. The molecule has 0 unspecified atom stereocenters. The van der Waals surface area contributed by atoms with E-state index in [1.165, 1.54) is 41.1 Å². The van der Waals surface area contributed by atoms with Crippen molar-refractivity contribution in [3.05, 3.63) is 80.2 Å². The van der Waals surface area contributed by atoms with Crippen molar-refractivity contribution in [2.45, 2.75) is 38.3 Å². The van der Waals surface area contributed by atoms with E-state index < -0.39 is 0 Å². The molecule has 1 amide bonds. The van der Waals surface area contributed by atoms with Gasteiger partial charge in [0.25, 0.3) is 5.56 Å². The molecule has 0 fully saturated rings. The van der Waals surface area contributed by atoms with Crippen LogP contribution in [-0.2, 0) is 31.2 Å². The first kappa shape index (κ1) is 19.7. The molecule has 1 N–H and O–H groups in total. The molecule has 0 aliphatic heterocycles. The molecule has 1 atom stereocenters. The molecular weight excluding hydrogens is 410 g/mol. The van der Waals surface area contributed by atoms with Crippen LogP contribution in [0.15, 0.2) is 53.0 Å². The van der Waals surface area contributed by atoms with E-state index in [0.717, 1.165) is 23.3 Å². The molecule has 8 heteroatoms. The maximum atomic E-state index is 13.0. The van der Waals surface area contributed by atoms with E-state index in [1.807, 2.05) is 17.5 Å². The molecule has 0 bridgehead atoms. The molecule has 158 valence electrons. The zero-order chi connectivity index (χ0) is 21.4. The van der Waals surface area contributed by atoms with E-state index in [-0.39, 0.29) is 24.1 Å². The van der Waals surface area contributed by atoms with Crippen molar-refractivity contribution in [1.82, 2.24) is 24.6 Å². The second-order valence-electron chi connectivity index (χ2n) is 7.93. The summed E-state index contributed by atoms with van der Waals surface area (Å²) in [6, 6.07) is 10.3. The Kier molecular flexibility index (Phi) is 5.15. The van der Waals surface area contributed by atoms with Gasteiger partial charge < -0.3 is 5.32 Å². The van der Waals surface area contributed by atoms with Crippen molar-refractivity contribution in [1.29, 1.82) is 0 Å². The van der Waals surface area contributed by atoms with Gasteiger partial charge in [-0.1, -0.05) is 24.3 Å². The van der Waals surface area contributed by atoms with Crippen LogP contribution in [0.5, 0.6) is 0 Å². The van der Waals surface area contributed by atoms with Crippen LogP contribution >= 0.6 is 11.3 Å². The zero-order valence-electron chi connectivity index (χ0n) is 17.2. The van der Waals surface area contributed by atoms with Gasteiger partial charge in [-0.3, -0.25) is 18.8 Å². The number of nitrogens with zero attached hydrogens (tertiary/aromatic N) is 4. The largest absolute Gasteiger partial charge is 0.343 e. The normalized spacial score (nSPS) is 14.4. The van der Waals surface area contributed by atoms with E-state index in [4.69, 9.17) is 0 Å². The maximum Gasteiger partial charge on any atom is 0.264 e. The molecule has 4 aromatic rings. The molecule has 0 saturated heterocycles. The van der Waals surface area contributed by atoms with E-state index in [0.29, 0.717) is 11.0 Å². The van der Waals surface area contributed by atoms with Gasteiger partial charge in [-0.15, -0.1) is 11.3 Å². The second-order valence-corrected chi connectivity index (χ2v) is 8.91. The molecule has 3 aromatic heterocycles. The fraction of sp³-hybridized carbons (Fsp3) is 0.304. The molecule has 0 saturated carbocycles. The first-order valence-corrected chi connectivity index (χ1v) is 11.3. The number of amides is 1. The Balaban J connectivity index is 1.42. The number of aromatic nitrogens is 4. The van der Waals surface area contributed by atoms with Crippen molar-refractivity contribution in [2.24, 2.45) is 7.05 Å². The van der Waals surface area contributed by atoms with Crippen molar-refractivity contribution in [3.8, 4) is 0 Å². The Morgan fingerprint density at radius 1 is 1.23 bits per heavy atom. The summed E-state index contributed by atoms with van der Waals surface area (Å²) in [6.07, 6.45) is 7.55. The van der Waals surface area contributed by atoms with Crippen molar-refractivity contribution in [3.63, 3.8) is 0 Å². The smallest absolute Gasteiger partial charge is 0.264 e. The lowest BCUT2D eigenvalue weighted by molar-refractivity contribution is -0.122. The van der Waals surface area contributed by atoms with Crippen LogP contribution < -0.4 is 10.9 Å². The highest BCUT2D eigenvalue weighted by atomic mass is 32.1. The minimum absolute atomic E-state index is 0.0938. The number of rotatable bonds is 5. The SMILES string of the molecule is Cn1ncc2c(=O)n(CC(=O)N[C@@H](c3ccc4c(c3)CCCC4)c3cccs3)cnc21. The fourth-order valence-corrected chi connectivity index (χ4v) is 5.05. The van der Waals surface area contributed by atoms with E-state index >= 15 is 0 Å². The molecule has 3 heterocycles. The molecule has 7 nitrogen and oxygen atoms in total. The van der Waals surface area contributed by atoms with Gasteiger partial charge in [0.1, 0.15) is 18.3 Å². The van der Waals surface area contributed by atoms with Crippen molar-refractivity contribution in [2.75, 3.05) is 0 Å². The lowest BCUT2D eigenvalue weighted by atomic mass is 9.89. The first-order valence-electron chi connectivity index (χ1n) is 10.4. The van der Waals surface area contributed by atoms with Crippen LogP contribution in [0.2, 0.25) is 0 Å². The van der Waals surface area contributed by atoms with Crippen molar-refractivity contribution >= 4 is 28.3 Å². The number of fused-ring (bicyclic) bond motifs is 2. The molecule has 0 spiro atoms. The summed E-state index contributed by atoms with van der Waals surface area (Å²) in [7, 11) is 1.73. The van der Waals surface area contributed by atoms with Crippen LogP contribution in [0.3, 0.4) is 0 Å². The lowest BCUT2D eigenvalue weighted by Gasteiger charge is -2.22. The third-order valence-corrected chi connectivity index (χ3v) is 6.81. The predicted molar refractivity (Wildman–Crippen MR) is 120 cm³/mol. The van der Waals surface area contributed by atoms with Gasteiger partial charge >= 0.3 is 0 Å². The molecule has 5 rings (SSSR count). The Labute approximate surface area is 183 Å². The summed E-state index contributed by atoms with van der Waals surface area (Å²) in [5.74, 6) is -0.233. The van der Waals surface area contributed by atoms with Crippen LogP contribution in [0.1, 0.15) is 40.5 Å². The topological polar surface area (TPSA) is 81.8 Å². The number of nitrogens with one attached hydrogen (secondary N) is 1. The number of thiophene rings is 1. The highest BCUT2D eigenvalue weighted by Gasteiger charge is 2.21. The van der Waals surface area contributed by atoms with Gasteiger partial charge in [0.05, 0.1) is 12.2 Å². The highest BCUT2D eigenvalue weighted by molar-refractivity contribution is 7.10. The van der Waals surface area contributed by atoms with Gasteiger partial charge in [-0.25, -0.2) is 4.98 Å². The average molecular weight is 434 g/mol. The lowest BCUT2D eigenvalue weighted by Crippen LogP contribution is -2.35. The van der Waals surface area contributed by atoms with Crippen LogP contribution in [-0.4, -0.2) is 25.2 Å². The number of carbonyl (C=O) groups excluding carboxylic acids is 1. The maximum absolute atomic E-state index is 13.0. The third-order valence-electron chi connectivity index (χ3n) is 5.87. The fourth-order valence-electron chi connectivity index (χ4n) is 4.25. The molecule has 0 radical (unpaired) electrons. The molecule has 1 aliphatic rings. The van der Waals surface area contributed by atoms with Crippen LogP contribution in [0.4, 0.5) is 0 Å². The molecule has 31 heavy (non-hydrogen) atoms. The summed E-state index contributed by atoms with van der Waals surface area (Å²) < 4.78 is 2.88. The van der Waals surface area contributed by atoms with E-state index in [9.17, 15) is 9.59 Å². The summed E-state index contributed by atoms with van der Waals surface area (Å²) in [5, 5.41) is 9.63. The van der Waals surface area contributed by atoms with Gasteiger partial charge in [0.15, 0.2) is 5.65 Å². The summed E-state index contributed by atoms with van der Waals surface area (Å²) in [4.78, 5) is 31.0. The van der Waals surface area contributed by atoms with Gasteiger partial charge in [-0.05, 0) is 53.8 Å². The van der Waals surface area contributed by atoms with Gasteiger partial charge in [0.2, 0.25) is 5.91 Å². The summed E-state index contributed by atoms with van der Waals surface area (Å²) in [5.41, 5.74) is 4.10. The highest BCUT2D eigenvalue weighted by Crippen LogP contribution is 2.30. The Bertz CT molecular complexity index is 1310. The first-order chi connectivity index (χ1) is 15.1. The number of aryl methyl sites for hydroxylation is 3. The molecular formula is C23H23N5O2S. The quantitative estimate of drug-likeness (QED) is 0.525. The van der Waals surface area contributed by atoms with Crippen LogP contribution in [0, 0.1) is 0 Å². The number of hydrogen-bond acceptors (Lipinski definition) is 5. The van der Waals surface area contributed by atoms with Gasteiger partial charge in [0, 0.05) is 11.9 Å². The van der Waals surface area contributed by atoms with Crippen molar-refractivity contribution < 1.29 is 4.79 Å². The summed E-state index contributed by atoms with van der Waals surface area (Å²) in [6.45, 7) is -0.0938. The van der Waals surface area contributed by atoms with Crippen LogP contribution in [0.25, 0.3) is 11.0 Å². The number of carbonyl (C=O) groups is 1. The van der Waals surface area contributed by atoms with E-state index in [1.54, 1.807) is 23.1 Å². The monoisotopic (exact) mass is 433 g/mol. The van der Waals surface area contributed by atoms with E-state index in [2.05, 4.69) is 33.6 Å². The molecule has 1 aromatic carbocycles. The number of hydrogen-bond donors (Lipinski definition) is 1. The molecule has 1 aliphatic carbocycles. The minimum atomic E-state index is -0.269. The Hall–Kier alpha value is -3.26. The Morgan fingerprint density at radius 2 is 2.06 bits per heavy atom. The van der Waals surface area contributed by atoms with Gasteiger partial charge in [-0.2, -0.15) is 5.10 Å². The summed E-state index contributed by atoms with van der Waals surface area (Å²) >= 11 is 1.61. The predicted octanol–water partition coefficient (Wildman–Crippen LogP) is 2.98.